The molecule has 2 rings (SSSR count). The summed E-state index contributed by atoms with van der Waals surface area (Å²) < 4.78 is 6.42. The summed E-state index contributed by atoms with van der Waals surface area (Å²) in [6.45, 7) is 0. The molecular weight excluding hydrogens is 184 g/mol. The molecule has 0 radical (unpaired) electrons. The van der Waals surface area contributed by atoms with E-state index in [1.54, 1.807) is 7.05 Å². The Morgan fingerprint density at radius 1 is 1.64 bits per heavy atom. The van der Waals surface area contributed by atoms with Crippen LogP contribution in [-0.4, -0.2) is 20.7 Å². The molecule has 6 heteroatoms. The summed E-state index contributed by atoms with van der Waals surface area (Å²) in [7, 11) is 1.63. The molecule has 0 aliphatic carbocycles. The second kappa shape index (κ2) is 2.99. The van der Waals surface area contributed by atoms with E-state index in [0.29, 0.717) is 17.3 Å². The molecule has 0 saturated carbocycles. The van der Waals surface area contributed by atoms with Crippen LogP contribution in [0.5, 0.6) is 0 Å². The van der Waals surface area contributed by atoms with Crippen molar-refractivity contribution in [2.45, 2.75) is 0 Å². The van der Waals surface area contributed by atoms with Crippen molar-refractivity contribution in [3.63, 3.8) is 0 Å². The molecule has 14 heavy (non-hydrogen) atoms. The van der Waals surface area contributed by atoms with Crippen molar-refractivity contribution in [2.24, 2.45) is 12.8 Å². The van der Waals surface area contributed by atoms with Crippen molar-refractivity contribution in [2.75, 3.05) is 0 Å². The van der Waals surface area contributed by atoms with Crippen molar-refractivity contribution < 1.29 is 9.21 Å². The number of rotatable bonds is 2. The van der Waals surface area contributed by atoms with Gasteiger partial charge in [0.15, 0.2) is 0 Å². The molecule has 0 bridgehead atoms. The smallest absolute Gasteiger partial charge is 0.266 e. The van der Waals surface area contributed by atoms with Gasteiger partial charge < -0.3 is 10.2 Å². The van der Waals surface area contributed by atoms with E-state index in [1.807, 2.05) is 0 Å². The summed E-state index contributed by atoms with van der Waals surface area (Å²) in [6.07, 6.45) is 2.95. The molecule has 72 valence electrons. The Kier molecular flexibility index (Phi) is 1.81. The number of aryl methyl sites for hydroxylation is 1. The maximum absolute atomic E-state index is 10.9. The monoisotopic (exact) mass is 192 g/mol. The normalized spacial score (nSPS) is 10.4. The molecule has 0 aromatic carbocycles. The Hall–Kier alpha value is -2.11. The molecule has 0 spiro atoms. The minimum Gasteiger partial charge on any atom is -0.443 e. The zero-order valence-electron chi connectivity index (χ0n) is 7.47. The molecule has 0 unspecified atom stereocenters. The first-order chi connectivity index (χ1) is 6.68. The fourth-order valence-corrected chi connectivity index (χ4v) is 1.15. The molecule has 2 heterocycles. The Morgan fingerprint density at radius 2 is 2.43 bits per heavy atom. The molecule has 0 aliphatic heterocycles. The SMILES string of the molecule is Cn1nc(-c2ncco2)cc1C(N)=O. The molecule has 6 nitrogen and oxygen atoms in total. The van der Waals surface area contributed by atoms with Gasteiger partial charge in [-0.15, -0.1) is 0 Å². The van der Waals surface area contributed by atoms with Crippen LogP contribution in [-0.2, 0) is 7.05 Å². The molecule has 0 fully saturated rings. The number of hydrogen-bond donors (Lipinski definition) is 1. The largest absolute Gasteiger partial charge is 0.443 e. The maximum atomic E-state index is 10.9. The van der Waals surface area contributed by atoms with Gasteiger partial charge in [-0.1, -0.05) is 0 Å². The maximum Gasteiger partial charge on any atom is 0.266 e. The Balaban J connectivity index is 2.48. The zero-order valence-corrected chi connectivity index (χ0v) is 7.47. The quantitative estimate of drug-likeness (QED) is 0.734. The van der Waals surface area contributed by atoms with Gasteiger partial charge in [-0.3, -0.25) is 9.48 Å². The molecular formula is C8H8N4O2. The van der Waals surface area contributed by atoms with Crippen LogP contribution >= 0.6 is 0 Å². The third-order valence-corrected chi connectivity index (χ3v) is 1.78. The summed E-state index contributed by atoms with van der Waals surface area (Å²) in [6, 6.07) is 1.54. The van der Waals surface area contributed by atoms with E-state index in [0.717, 1.165) is 0 Å². The van der Waals surface area contributed by atoms with E-state index < -0.39 is 5.91 Å². The topological polar surface area (TPSA) is 86.9 Å². The molecule has 1 amide bonds. The van der Waals surface area contributed by atoms with Gasteiger partial charge in [-0.25, -0.2) is 4.98 Å². The predicted octanol–water partition coefficient (Wildman–Crippen LogP) is 0.174. The lowest BCUT2D eigenvalue weighted by Gasteiger charge is -1.92. The number of oxazole rings is 1. The van der Waals surface area contributed by atoms with E-state index in [2.05, 4.69) is 10.1 Å². The van der Waals surface area contributed by atoms with Gasteiger partial charge in [0, 0.05) is 13.1 Å². The molecule has 0 aliphatic rings. The highest BCUT2D eigenvalue weighted by molar-refractivity contribution is 5.91. The second-order valence-corrected chi connectivity index (χ2v) is 2.74. The number of nitrogens with two attached hydrogens (primary N) is 1. The molecule has 0 atom stereocenters. The number of carbonyl (C=O) groups excluding carboxylic acids is 1. The number of hydrogen-bond acceptors (Lipinski definition) is 4. The minimum atomic E-state index is -0.530. The van der Waals surface area contributed by atoms with E-state index in [1.165, 1.54) is 23.2 Å². The highest BCUT2D eigenvalue weighted by Crippen LogP contribution is 2.15. The third-order valence-electron chi connectivity index (χ3n) is 1.78. The lowest BCUT2D eigenvalue weighted by Crippen LogP contribution is -2.15. The lowest BCUT2D eigenvalue weighted by atomic mass is 10.3. The number of primary amides is 1. The minimum absolute atomic E-state index is 0.318. The number of amides is 1. The highest BCUT2D eigenvalue weighted by Gasteiger charge is 2.13. The average Bonchev–Trinajstić information content (AvgIpc) is 2.70. The first-order valence-corrected chi connectivity index (χ1v) is 3.92. The summed E-state index contributed by atoms with van der Waals surface area (Å²) in [5, 5.41) is 4.03. The van der Waals surface area contributed by atoms with Crippen LogP contribution in [0.3, 0.4) is 0 Å². The number of carbonyl (C=O) groups is 1. The van der Waals surface area contributed by atoms with E-state index in [-0.39, 0.29) is 0 Å². The van der Waals surface area contributed by atoms with Crippen molar-refractivity contribution in [3.05, 3.63) is 24.2 Å². The summed E-state index contributed by atoms with van der Waals surface area (Å²) in [5.74, 6) is -0.161. The molecule has 2 aromatic heterocycles. The first kappa shape index (κ1) is 8.49. The van der Waals surface area contributed by atoms with Gasteiger partial charge in [-0.05, 0) is 0 Å². The Morgan fingerprint density at radius 3 is 2.93 bits per heavy atom. The van der Waals surface area contributed by atoms with Crippen LogP contribution in [0.2, 0.25) is 0 Å². The van der Waals surface area contributed by atoms with Gasteiger partial charge in [-0.2, -0.15) is 5.10 Å². The standard InChI is InChI=1S/C8H8N4O2/c1-12-6(7(9)13)4-5(11-12)8-10-2-3-14-8/h2-4H,1H3,(H2,9,13). The van der Waals surface area contributed by atoms with Crippen molar-refractivity contribution >= 4 is 5.91 Å². The van der Waals surface area contributed by atoms with Crippen LogP contribution < -0.4 is 5.73 Å². The lowest BCUT2D eigenvalue weighted by molar-refractivity contribution is 0.0991. The van der Waals surface area contributed by atoms with Crippen molar-refractivity contribution in [1.29, 1.82) is 0 Å². The molecule has 2 aromatic rings. The highest BCUT2D eigenvalue weighted by atomic mass is 16.3. The Bertz CT molecular complexity index is 458. The summed E-state index contributed by atoms with van der Waals surface area (Å²) in [5.41, 5.74) is 5.94. The zero-order chi connectivity index (χ0) is 10.1. The third kappa shape index (κ3) is 1.26. The number of aromatic nitrogens is 3. The van der Waals surface area contributed by atoms with Gasteiger partial charge in [0.25, 0.3) is 5.91 Å². The van der Waals surface area contributed by atoms with Crippen LogP contribution in [0.15, 0.2) is 22.9 Å². The predicted molar refractivity (Wildman–Crippen MR) is 47.2 cm³/mol. The number of nitrogens with zero attached hydrogens (tertiary/aromatic N) is 3. The van der Waals surface area contributed by atoms with E-state index >= 15 is 0 Å². The van der Waals surface area contributed by atoms with Crippen LogP contribution in [0.4, 0.5) is 0 Å². The van der Waals surface area contributed by atoms with Crippen molar-refractivity contribution in [1.82, 2.24) is 14.8 Å². The van der Waals surface area contributed by atoms with Crippen molar-refractivity contribution in [3.8, 4) is 11.6 Å². The van der Waals surface area contributed by atoms with Gasteiger partial charge in [0.1, 0.15) is 17.7 Å². The fraction of sp³-hybridized carbons (Fsp3) is 0.125. The van der Waals surface area contributed by atoms with Gasteiger partial charge >= 0.3 is 0 Å². The Labute approximate surface area is 79.3 Å². The first-order valence-electron chi connectivity index (χ1n) is 3.92. The van der Waals surface area contributed by atoms with Gasteiger partial charge in [0.2, 0.25) is 5.89 Å². The molecule has 0 saturated heterocycles. The summed E-state index contributed by atoms with van der Waals surface area (Å²) in [4.78, 5) is 14.8. The van der Waals surface area contributed by atoms with E-state index in [4.69, 9.17) is 10.2 Å². The van der Waals surface area contributed by atoms with Gasteiger partial charge in [0.05, 0.1) is 6.20 Å². The summed E-state index contributed by atoms with van der Waals surface area (Å²) >= 11 is 0. The van der Waals surface area contributed by atoms with Crippen LogP contribution in [0, 0.1) is 0 Å². The fourth-order valence-electron chi connectivity index (χ4n) is 1.15. The second-order valence-electron chi connectivity index (χ2n) is 2.74. The molecule has 2 N–H and O–H groups in total. The van der Waals surface area contributed by atoms with E-state index in [9.17, 15) is 4.79 Å². The average molecular weight is 192 g/mol. The van der Waals surface area contributed by atoms with Crippen LogP contribution in [0.1, 0.15) is 10.5 Å². The van der Waals surface area contributed by atoms with Crippen LogP contribution in [0.25, 0.3) is 11.6 Å².